The van der Waals surface area contributed by atoms with E-state index < -0.39 is 0 Å². The molecule has 3 rings (SSSR count). The summed E-state index contributed by atoms with van der Waals surface area (Å²) in [5.41, 5.74) is 1.59. The van der Waals surface area contributed by atoms with E-state index >= 15 is 0 Å². The normalized spacial score (nSPS) is 15.9. The van der Waals surface area contributed by atoms with Gasteiger partial charge in [-0.3, -0.25) is 14.5 Å². The maximum absolute atomic E-state index is 13.0. The smallest absolute Gasteiger partial charge is 0.289 e. The number of fused-ring (bicyclic) bond motifs is 1. The lowest BCUT2D eigenvalue weighted by atomic mass is 10.1. The van der Waals surface area contributed by atoms with Crippen LogP contribution in [0, 0.1) is 6.92 Å². The van der Waals surface area contributed by atoms with E-state index in [4.69, 9.17) is 4.42 Å². The van der Waals surface area contributed by atoms with Crippen LogP contribution < -0.4 is 0 Å². The van der Waals surface area contributed by atoms with Crippen molar-refractivity contribution in [3.05, 3.63) is 34.0 Å². The highest BCUT2D eigenvalue weighted by Gasteiger charge is 2.26. The van der Waals surface area contributed by atoms with Gasteiger partial charge < -0.3 is 14.2 Å². The van der Waals surface area contributed by atoms with Crippen LogP contribution in [0.25, 0.3) is 11.0 Å². The quantitative estimate of drug-likeness (QED) is 0.764. The molecule has 7 heteroatoms. The van der Waals surface area contributed by atoms with Gasteiger partial charge in [-0.15, -0.1) is 0 Å². The largest absolute Gasteiger partial charge is 0.451 e. The molecule has 0 atom stereocenters. The molecular weight excluding hydrogens is 398 g/mol. The van der Waals surface area contributed by atoms with Gasteiger partial charge in [0.1, 0.15) is 5.58 Å². The van der Waals surface area contributed by atoms with Gasteiger partial charge in [-0.2, -0.15) is 0 Å². The van der Waals surface area contributed by atoms with Gasteiger partial charge in [-0.1, -0.05) is 15.9 Å². The monoisotopic (exact) mass is 421 g/mol. The average Bonchev–Trinajstić information content (AvgIpc) is 2.78. The van der Waals surface area contributed by atoms with Gasteiger partial charge in [0.25, 0.3) is 5.91 Å². The molecule has 0 bridgehead atoms. The molecule has 2 heterocycles. The minimum Gasteiger partial charge on any atom is -0.451 e. The van der Waals surface area contributed by atoms with E-state index in [2.05, 4.69) is 20.8 Å². The number of amides is 2. The number of rotatable bonds is 3. The van der Waals surface area contributed by atoms with Crippen molar-refractivity contribution in [1.29, 1.82) is 0 Å². The molecule has 0 radical (unpaired) electrons. The van der Waals surface area contributed by atoms with Gasteiger partial charge in [0, 0.05) is 55.7 Å². The Kier molecular flexibility index (Phi) is 5.67. The number of carbonyl (C=O) groups excluding carboxylic acids is 2. The predicted molar refractivity (Wildman–Crippen MR) is 104 cm³/mol. The summed E-state index contributed by atoms with van der Waals surface area (Å²) in [7, 11) is 3.53. The lowest BCUT2D eigenvalue weighted by Crippen LogP contribution is -2.39. The van der Waals surface area contributed by atoms with Gasteiger partial charge >= 0.3 is 0 Å². The van der Waals surface area contributed by atoms with Crippen molar-refractivity contribution in [3.8, 4) is 0 Å². The Hall–Kier alpha value is -1.86. The van der Waals surface area contributed by atoms with Crippen LogP contribution in [-0.4, -0.2) is 73.3 Å². The Balaban J connectivity index is 1.72. The average molecular weight is 422 g/mol. The Bertz CT molecular complexity index is 831. The molecule has 140 valence electrons. The summed E-state index contributed by atoms with van der Waals surface area (Å²) in [5, 5.41) is 0.954. The number of nitrogens with zero attached hydrogens (tertiary/aromatic N) is 3. The van der Waals surface area contributed by atoms with Crippen LogP contribution in [0.15, 0.2) is 27.1 Å². The minimum atomic E-state index is -0.0735. The number of aryl methyl sites for hydroxylation is 1. The summed E-state index contributed by atoms with van der Waals surface area (Å²) in [6.07, 6.45) is 0.845. The fourth-order valence-corrected chi connectivity index (χ4v) is 3.57. The first-order valence-corrected chi connectivity index (χ1v) is 9.56. The van der Waals surface area contributed by atoms with Crippen molar-refractivity contribution in [1.82, 2.24) is 14.7 Å². The van der Waals surface area contributed by atoms with Gasteiger partial charge in [-0.05, 0) is 31.5 Å². The zero-order chi connectivity index (χ0) is 18.8. The number of carbonyl (C=O) groups is 2. The highest BCUT2D eigenvalue weighted by molar-refractivity contribution is 9.10. The summed E-state index contributed by atoms with van der Waals surface area (Å²) in [6.45, 7) is 5.09. The fraction of sp³-hybridized carbons (Fsp3) is 0.474. The van der Waals surface area contributed by atoms with Crippen LogP contribution in [0.2, 0.25) is 0 Å². The van der Waals surface area contributed by atoms with Gasteiger partial charge in [0.2, 0.25) is 5.91 Å². The van der Waals surface area contributed by atoms with Crippen LogP contribution >= 0.6 is 15.9 Å². The highest BCUT2D eigenvalue weighted by Crippen LogP contribution is 2.29. The van der Waals surface area contributed by atoms with Gasteiger partial charge in [0.15, 0.2) is 5.76 Å². The van der Waals surface area contributed by atoms with Crippen molar-refractivity contribution in [3.63, 3.8) is 0 Å². The lowest BCUT2D eigenvalue weighted by Gasteiger charge is -2.22. The Morgan fingerprint density at radius 1 is 1.19 bits per heavy atom. The molecular formula is C19H24BrN3O3. The molecule has 1 aromatic heterocycles. The molecule has 1 saturated heterocycles. The standard InChI is InChI=1S/C19H24BrN3O3/c1-13-15-11-14(20)5-6-16(15)26-18(13)19(25)23-8-4-7-22(9-10-23)12-17(24)21(2)3/h5-6,11H,4,7-10,12H2,1-3H3. The molecule has 2 aromatic rings. The third-order valence-corrected chi connectivity index (χ3v) is 5.32. The third kappa shape index (κ3) is 3.94. The number of furan rings is 1. The van der Waals surface area contributed by atoms with Gasteiger partial charge in [0.05, 0.1) is 6.54 Å². The van der Waals surface area contributed by atoms with Crippen molar-refractivity contribution in [2.24, 2.45) is 0 Å². The van der Waals surface area contributed by atoms with Crippen LogP contribution in [0.3, 0.4) is 0 Å². The lowest BCUT2D eigenvalue weighted by molar-refractivity contribution is -0.129. The number of hydrogen-bond donors (Lipinski definition) is 0. The summed E-state index contributed by atoms with van der Waals surface area (Å²) >= 11 is 3.46. The first kappa shape index (κ1) is 18.9. The molecule has 1 aliphatic rings. The Labute approximate surface area is 161 Å². The summed E-state index contributed by atoms with van der Waals surface area (Å²) in [4.78, 5) is 30.5. The number of halogens is 1. The molecule has 1 aliphatic heterocycles. The van der Waals surface area contributed by atoms with Crippen molar-refractivity contribution in [2.75, 3.05) is 46.8 Å². The van der Waals surface area contributed by atoms with Gasteiger partial charge in [-0.25, -0.2) is 0 Å². The Morgan fingerprint density at radius 3 is 2.69 bits per heavy atom. The number of benzene rings is 1. The second kappa shape index (κ2) is 7.80. The van der Waals surface area contributed by atoms with Crippen LogP contribution in [0.5, 0.6) is 0 Å². The molecule has 0 spiro atoms. The fourth-order valence-electron chi connectivity index (χ4n) is 3.21. The molecule has 6 nitrogen and oxygen atoms in total. The zero-order valence-corrected chi connectivity index (χ0v) is 17.0. The molecule has 26 heavy (non-hydrogen) atoms. The van der Waals surface area contributed by atoms with E-state index in [1.54, 1.807) is 19.0 Å². The molecule has 0 aliphatic carbocycles. The van der Waals surface area contributed by atoms with E-state index in [0.717, 1.165) is 34.0 Å². The summed E-state index contributed by atoms with van der Waals surface area (Å²) < 4.78 is 6.81. The first-order chi connectivity index (χ1) is 12.4. The summed E-state index contributed by atoms with van der Waals surface area (Å²) in [6, 6.07) is 5.76. The van der Waals surface area contributed by atoms with Crippen LogP contribution in [-0.2, 0) is 4.79 Å². The van der Waals surface area contributed by atoms with Crippen LogP contribution in [0.1, 0.15) is 22.5 Å². The maximum atomic E-state index is 13.0. The van der Waals surface area contributed by atoms with Crippen molar-refractivity contribution >= 4 is 38.7 Å². The second-order valence-corrected chi connectivity index (χ2v) is 7.82. The highest BCUT2D eigenvalue weighted by atomic mass is 79.9. The molecule has 0 saturated carbocycles. The van der Waals surface area contributed by atoms with Crippen LogP contribution in [0.4, 0.5) is 0 Å². The number of likely N-dealkylation sites (N-methyl/N-ethyl adjacent to an activating group) is 1. The third-order valence-electron chi connectivity index (χ3n) is 4.83. The van der Waals surface area contributed by atoms with E-state index in [-0.39, 0.29) is 11.8 Å². The second-order valence-electron chi connectivity index (χ2n) is 6.91. The van der Waals surface area contributed by atoms with Crippen molar-refractivity contribution < 1.29 is 14.0 Å². The van der Waals surface area contributed by atoms with E-state index in [1.807, 2.05) is 30.0 Å². The maximum Gasteiger partial charge on any atom is 0.289 e. The molecule has 2 amide bonds. The molecule has 0 N–H and O–H groups in total. The topological polar surface area (TPSA) is 57.0 Å². The van der Waals surface area contributed by atoms with Crippen molar-refractivity contribution in [2.45, 2.75) is 13.3 Å². The van der Waals surface area contributed by atoms with E-state index in [1.165, 1.54) is 0 Å². The zero-order valence-electron chi connectivity index (χ0n) is 15.4. The molecule has 1 aromatic carbocycles. The van der Waals surface area contributed by atoms with E-state index in [9.17, 15) is 9.59 Å². The van der Waals surface area contributed by atoms with E-state index in [0.29, 0.717) is 31.9 Å². The minimum absolute atomic E-state index is 0.0735. The first-order valence-electron chi connectivity index (χ1n) is 8.77. The SMILES string of the molecule is Cc1c(C(=O)N2CCCN(CC(=O)N(C)C)CC2)oc2ccc(Br)cc12. The molecule has 1 fully saturated rings. The number of hydrogen-bond acceptors (Lipinski definition) is 4. The molecule has 0 unspecified atom stereocenters. The Morgan fingerprint density at radius 2 is 1.96 bits per heavy atom. The summed E-state index contributed by atoms with van der Waals surface area (Å²) in [5.74, 6) is 0.426. The predicted octanol–water partition coefficient (Wildman–Crippen LogP) is 2.74.